The quantitative estimate of drug-likeness (QED) is 0.268. The van der Waals surface area contributed by atoms with E-state index >= 15 is 0 Å². The van der Waals surface area contributed by atoms with Gasteiger partial charge in [0.05, 0.1) is 5.75 Å². The first kappa shape index (κ1) is 22.1. The Morgan fingerprint density at radius 3 is 2.17 bits per heavy atom. The second-order valence-electron chi connectivity index (χ2n) is 5.95. The minimum atomic E-state index is -3.88. The van der Waals surface area contributed by atoms with E-state index in [4.69, 9.17) is 4.55 Å². The number of hydrogen-bond acceptors (Lipinski definition) is 3. The molecule has 0 spiro atoms. The first-order valence-corrected chi connectivity index (χ1v) is 10.5. The van der Waals surface area contributed by atoms with E-state index in [9.17, 15) is 13.2 Å². The minimum absolute atomic E-state index is 0.142. The summed E-state index contributed by atoms with van der Waals surface area (Å²) in [5, 5.41) is 2.70. The van der Waals surface area contributed by atoms with Crippen LogP contribution in [-0.4, -0.2) is 31.2 Å². The van der Waals surface area contributed by atoms with Crippen LogP contribution in [0.2, 0.25) is 0 Å². The monoisotopic (exact) mass is 347 g/mol. The SMILES string of the molecule is CCCCCCCCCC/C=C/C(=O)NCCCCS(=O)(=O)O. The molecule has 1 amide bonds. The Hall–Kier alpha value is -0.880. The van der Waals surface area contributed by atoms with Gasteiger partial charge in [-0.2, -0.15) is 8.42 Å². The number of hydrogen-bond donors (Lipinski definition) is 2. The highest BCUT2D eigenvalue weighted by Crippen LogP contribution is 2.09. The lowest BCUT2D eigenvalue weighted by Gasteiger charge is -2.01. The molecule has 0 aromatic carbocycles. The fraction of sp³-hybridized carbons (Fsp3) is 0.824. The number of rotatable bonds is 15. The Labute approximate surface area is 141 Å². The van der Waals surface area contributed by atoms with E-state index in [1.54, 1.807) is 6.08 Å². The second-order valence-corrected chi connectivity index (χ2v) is 7.52. The molecule has 0 heterocycles. The highest BCUT2D eigenvalue weighted by molar-refractivity contribution is 7.85. The Morgan fingerprint density at radius 2 is 1.57 bits per heavy atom. The molecule has 0 aliphatic rings. The summed E-state index contributed by atoms with van der Waals surface area (Å²) in [5.74, 6) is -0.395. The third kappa shape index (κ3) is 19.1. The smallest absolute Gasteiger partial charge is 0.264 e. The number of amides is 1. The fourth-order valence-electron chi connectivity index (χ4n) is 2.27. The van der Waals surface area contributed by atoms with E-state index in [2.05, 4.69) is 12.2 Å². The van der Waals surface area contributed by atoms with Gasteiger partial charge in [0.2, 0.25) is 5.91 Å². The molecule has 0 saturated carbocycles. The zero-order valence-electron chi connectivity index (χ0n) is 14.4. The van der Waals surface area contributed by atoms with Crippen LogP contribution in [0.4, 0.5) is 0 Å². The molecule has 0 rings (SSSR count). The highest BCUT2D eigenvalue weighted by atomic mass is 32.2. The van der Waals surface area contributed by atoms with Gasteiger partial charge < -0.3 is 5.32 Å². The van der Waals surface area contributed by atoms with Crippen molar-refractivity contribution in [3.63, 3.8) is 0 Å². The van der Waals surface area contributed by atoms with Crippen molar-refractivity contribution in [3.05, 3.63) is 12.2 Å². The Morgan fingerprint density at radius 1 is 0.957 bits per heavy atom. The van der Waals surface area contributed by atoms with Crippen LogP contribution in [0, 0.1) is 0 Å². The first-order valence-electron chi connectivity index (χ1n) is 8.85. The zero-order valence-corrected chi connectivity index (χ0v) is 15.2. The van der Waals surface area contributed by atoms with Crippen LogP contribution < -0.4 is 5.32 Å². The van der Waals surface area contributed by atoms with Crippen LogP contribution >= 0.6 is 0 Å². The molecular weight excluding hydrogens is 314 g/mol. The minimum Gasteiger partial charge on any atom is -0.353 e. The van der Waals surface area contributed by atoms with Gasteiger partial charge in [-0.25, -0.2) is 0 Å². The normalized spacial score (nSPS) is 11.9. The third-order valence-corrected chi connectivity index (χ3v) is 4.43. The lowest BCUT2D eigenvalue weighted by atomic mass is 10.1. The van der Waals surface area contributed by atoms with Gasteiger partial charge in [-0.15, -0.1) is 0 Å². The molecule has 2 N–H and O–H groups in total. The fourth-order valence-corrected chi connectivity index (χ4v) is 2.84. The maximum absolute atomic E-state index is 11.5. The van der Waals surface area contributed by atoms with Crippen molar-refractivity contribution in [2.45, 2.75) is 77.6 Å². The van der Waals surface area contributed by atoms with Crippen molar-refractivity contribution < 1.29 is 17.8 Å². The van der Waals surface area contributed by atoms with Crippen molar-refractivity contribution in [1.82, 2.24) is 5.32 Å². The van der Waals surface area contributed by atoms with Crippen LogP contribution in [0.5, 0.6) is 0 Å². The predicted octanol–water partition coefficient (Wildman–Crippen LogP) is 3.86. The van der Waals surface area contributed by atoms with Crippen molar-refractivity contribution in [1.29, 1.82) is 0 Å². The maximum Gasteiger partial charge on any atom is 0.264 e. The summed E-state index contributed by atoms with van der Waals surface area (Å²) in [7, 11) is -3.88. The van der Waals surface area contributed by atoms with Gasteiger partial charge in [-0.1, -0.05) is 57.9 Å². The lowest BCUT2D eigenvalue weighted by Crippen LogP contribution is -2.22. The van der Waals surface area contributed by atoms with Crippen LogP contribution in [0.15, 0.2) is 12.2 Å². The molecule has 0 aromatic rings. The van der Waals surface area contributed by atoms with Gasteiger partial charge in [0.15, 0.2) is 0 Å². The van der Waals surface area contributed by atoms with Crippen LogP contribution in [0.25, 0.3) is 0 Å². The summed E-state index contributed by atoms with van der Waals surface area (Å²) in [6, 6.07) is 0. The summed E-state index contributed by atoms with van der Waals surface area (Å²) in [4.78, 5) is 11.5. The summed E-state index contributed by atoms with van der Waals surface area (Å²) in [6.45, 7) is 2.65. The summed E-state index contributed by atoms with van der Waals surface area (Å²) >= 11 is 0. The second kappa shape index (κ2) is 14.7. The van der Waals surface area contributed by atoms with Crippen molar-refractivity contribution >= 4 is 16.0 Å². The molecule has 0 aliphatic heterocycles. The average molecular weight is 348 g/mol. The van der Waals surface area contributed by atoms with E-state index < -0.39 is 10.1 Å². The molecular formula is C17H33NO4S. The maximum atomic E-state index is 11.5. The molecule has 0 atom stereocenters. The van der Waals surface area contributed by atoms with E-state index in [-0.39, 0.29) is 11.7 Å². The van der Waals surface area contributed by atoms with Crippen molar-refractivity contribution in [2.75, 3.05) is 12.3 Å². The third-order valence-electron chi connectivity index (χ3n) is 3.62. The molecule has 0 radical (unpaired) electrons. The van der Waals surface area contributed by atoms with Gasteiger partial charge in [0.25, 0.3) is 10.1 Å². The number of nitrogens with one attached hydrogen (secondary N) is 1. The molecule has 5 nitrogen and oxygen atoms in total. The Kier molecular flexibility index (Phi) is 14.1. The molecule has 0 aromatic heterocycles. The molecule has 0 aliphatic carbocycles. The molecule has 136 valence electrons. The van der Waals surface area contributed by atoms with E-state index in [1.807, 2.05) is 6.08 Å². The molecule has 0 fully saturated rings. The van der Waals surface area contributed by atoms with Gasteiger partial charge >= 0.3 is 0 Å². The van der Waals surface area contributed by atoms with Gasteiger partial charge in [-0.3, -0.25) is 9.35 Å². The summed E-state index contributed by atoms with van der Waals surface area (Å²) < 4.78 is 29.6. The highest BCUT2D eigenvalue weighted by Gasteiger charge is 2.03. The van der Waals surface area contributed by atoms with E-state index in [1.165, 1.54) is 44.9 Å². The largest absolute Gasteiger partial charge is 0.353 e. The van der Waals surface area contributed by atoms with Crippen LogP contribution in [0.3, 0.4) is 0 Å². The number of unbranched alkanes of at least 4 members (excludes halogenated alkanes) is 9. The molecule has 23 heavy (non-hydrogen) atoms. The van der Waals surface area contributed by atoms with Gasteiger partial charge in [-0.05, 0) is 31.8 Å². The molecule has 0 unspecified atom stereocenters. The summed E-state index contributed by atoms with van der Waals surface area (Å²) in [6.07, 6.45) is 15.5. The number of carbonyl (C=O) groups is 1. The first-order chi connectivity index (χ1) is 11.0. The van der Waals surface area contributed by atoms with E-state index in [0.717, 1.165) is 12.8 Å². The topological polar surface area (TPSA) is 83.5 Å². The van der Waals surface area contributed by atoms with E-state index in [0.29, 0.717) is 19.4 Å². The van der Waals surface area contributed by atoms with Crippen molar-refractivity contribution in [2.24, 2.45) is 0 Å². The number of allylic oxidation sites excluding steroid dienone is 1. The summed E-state index contributed by atoms with van der Waals surface area (Å²) in [5.41, 5.74) is 0. The zero-order chi connectivity index (χ0) is 17.4. The van der Waals surface area contributed by atoms with Gasteiger partial charge in [0.1, 0.15) is 0 Å². The average Bonchev–Trinajstić information content (AvgIpc) is 2.47. The molecule has 0 saturated heterocycles. The number of carbonyl (C=O) groups excluding carboxylic acids is 1. The van der Waals surface area contributed by atoms with Crippen LogP contribution in [0.1, 0.15) is 77.6 Å². The predicted molar refractivity (Wildman–Crippen MR) is 95.0 cm³/mol. The lowest BCUT2D eigenvalue weighted by molar-refractivity contribution is -0.116. The van der Waals surface area contributed by atoms with Gasteiger partial charge in [0, 0.05) is 6.54 Å². The van der Waals surface area contributed by atoms with Crippen LogP contribution in [-0.2, 0) is 14.9 Å². The Balaban J connectivity index is 3.38. The Bertz CT molecular complexity index is 418. The molecule has 6 heteroatoms. The molecule has 0 bridgehead atoms. The van der Waals surface area contributed by atoms with Crippen molar-refractivity contribution in [3.8, 4) is 0 Å². The standard InChI is InChI=1S/C17H33NO4S/c1-2-3-4-5-6-7-8-9-10-11-14-17(19)18-15-12-13-16-23(20,21)22/h11,14H,2-10,12-13,15-16H2,1H3,(H,18,19)(H,20,21,22)/b14-11+.